The predicted octanol–water partition coefficient (Wildman–Crippen LogP) is 1.50. The van der Waals surface area contributed by atoms with Crippen molar-refractivity contribution in [1.82, 2.24) is 4.98 Å². The maximum absolute atomic E-state index is 5.58. The molecule has 4 N–H and O–H groups in total. The molecule has 0 amide bonds. The van der Waals surface area contributed by atoms with Crippen LogP contribution in [0.3, 0.4) is 0 Å². The van der Waals surface area contributed by atoms with Crippen molar-refractivity contribution in [3.63, 3.8) is 0 Å². The minimum absolute atomic E-state index is 0.578. The van der Waals surface area contributed by atoms with Gasteiger partial charge in [-0.05, 0) is 44.0 Å². The molecule has 76 valence electrons. The molecule has 14 heavy (non-hydrogen) atoms. The first kappa shape index (κ1) is 10.7. The Balaban J connectivity index is 2.60. The van der Waals surface area contributed by atoms with E-state index in [0.29, 0.717) is 12.4 Å². The maximum atomic E-state index is 5.58. The quantitative estimate of drug-likeness (QED) is 0.709. The van der Waals surface area contributed by atoms with E-state index in [1.54, 1.807) is 6.20 Å². The van der Waals surface area contributed by atoms with E-state index in [4.69, 9.17) is 11.5 Å². The molecular weight excluding hydrogens is 174 g/mol. The van der Waals surface area contributed by atoms with Gasteiger partial charge in [0, 0.05) is 6.20 Å². The average Bonchev–Trinajstić information content (AvgIpc) is 2.15. The SMILES string of the molecule is CC(=CCCN)Cc1ccnc(N)c1. The molecule has 1 aromatic rings. The molecule has 0 atom stereocenters. The van der Waals surface area contributed by atoms with Crippen molar-refractivity contribution in [2.45, 2.75) is 19.8 Å². The van der Waals surface area contributed by atoms with Gasteiger partial charge in [-0.2, -0.15) is 0 Å². The number of hydrogen-bond donors (Lipinski definition) is 2. The number of anilines is 1. The molecule has 1 heterocycles. The summed E-state index contributed by atoms with van der Waals surface area (Å²) in [5, 5.41) is 0. The van der Waals surface area contributed by atoms with Gasteiger partial charge in [-0.25, -0.2) is 4.98 Å². The van der Waals surface area contributed by atoms with Crippen molar-refractivity contribution in [2.75, 3.05) is 12.3 Å². The van der Waals surface area contributed by atoms with Gasteiger partial charge >= 0.3 is 0 Å². The number of rotatable bonds is 4. The van der Waals surface area contributed by atoms with Crippen molar-refractivity contribution in [3.8, 4) is 0 Å². The number of nitrogens with zero attached hydrogens (tertiary/aromatic N) is 1. The largest absolute Gasteiger partial charge is 0.384 e. The maximum Gasteiger partial charge on any atom is 0.123 e. The molecule has 0 saturated carbocycles. The fourth-order valence-corrected chi connectivity index (χ4v) is 1.33. The highest BCUT2D eigenvalue weighted by atomic mass is 14.8. The van der Waals surface area contributed by atoms with Gasteiger partial charge in [-0.3, -0.25) is 0 Å². The van der Waals surface area contributed by atoms with Gasteiger partial charge in [-0.15, -0.1) is 0 Å². The molecule has 0 fully saturated rings. The lowest BCUT2D eigenvalue weighted by Crippen LogP contribution is -1.97. The van der Waals surface area contributed by atoms with E-state index in [-0.39, 0.29) is 0 Å². The highest BCUT2D eigenvalue weighted by molar-refractivity contribution is 5.33. The number of pyridine rings is 1. The summed E-state index contributed by atoms with van der Waals surface area (Å²) in [6.45, 7) is 2.81. The van der Waals surface area contributed by atoms with Crippen molar-refractivity contribution in [1.29, 1.82) is 0 Å². The fraction of sp³-hybridized carbons (Fsp3) is 0.364. The van der Waals surface area contributed by atoms with Gasteiger partial charge in [0.15, 0.2) is 0 Å². The summed E-state index contributed by atoms with van der Waals surface area (Å²) in [6.07, 6.45) is 5.76. The summed E-state index contributed by atoms with van der Waals surface area (Å²) in [7, 11) is 0. The van der Waals surface area contributed by atoms with Crippen LogP contribution >= 0.6 is 0 Å². The normalized spacial score (nSPS) is 11.7. The summed E-state index contributed by atoms with van der Waals surface area (Å²) >= 11 is 0. The smallest absolute Gasteiger partial charge is 0.123 e. The molecule has 0 radical (unpaired) electrons. The second-order valence-electron chi connectivity index (χ2n) is 3.39. The molecule has 0 saturated heterocycles. The third-order valence-electron chi connectivity index (χ3n) is 1.99. The predicted molar refractivity (Wildman–Crippen MR) is 59.8 cm³/mol. The molecule has 0 aliphatic rings. The van der Waals surface area contributed by atoms with E-state index in [0.717, 1.165) is 12.8 Å². The molecule has 0 bridgehead atoms. The van der Waals surface area contributed by atoms with E-state index in [2.05, 4.69) is 18.0 Å². The van der Waals surface area contributed by atoms with Crippen molar-refractivity contribution in [2.24, 2.45) is 5.73 Å². The molecule has 3 heteroatoms. The Morgan fingerprint density at radius 1 is 1.57 bits per heavy atom. The topological polar surface area (TPSA) is 64.9 Å². The number of hydrogen-bond acceptors (Lipinski definition) is 3. The van der Waals surface area contributed by atoms with E-state index < -0.39 is 0 Å². The second kappa shape index (κ2) is 5.40. The summed E-state index contributed by atoms with van der Waals surface area (Å²) in [4.78, 5) is 3.95. The van der Waals surface area contributed by atoms with Crippen LogP contribution in [-0.2, 0) is 6.42 Å². The Morgan fingerprint density at radius 2 is 2.36 bits per heavy atom. The zero-order valence-corrected chi connectivity index (χ0v) is 8.53. The van der Waals surface area contributed by atoms with Crippen molar-refractivity contribution >= 4 is 5.82 Å². The third kappa shape index (κ3) is 3.58. The monoisotopic (exact) mass is 191 g/mol. The Morgan fingerprint density at radius 3 is 3.00 bits per heavy atom. The Labute approximate surface area is 84.8 Å². The van der Waals surface area contributed by atoms with E-state index in [9.17, 15) is 0 Å². The van der Waals surface area contributed by atoms with Crippen molar-refractivity contribution in [3.05, 3.63) is 35.5 Å². The lowest BCUT2D eigenvalue weighted by atomic mass is 10.1. The van der Waals surface area contributed by atoms with Gasteiger partial charge in [0.25, 0.3) is 0 Å². The van der Waals surface area contributed by atoms with Crippen LogP contribution in [0.1, 0.15) is 18.9 Å². The molecule has 1 rings (SSSR count). The van der Waals surface area contributed by atoms with Gasteiger partial charge < -0.3 is 11.5 Å². The molecule has 0 aromatic carbocycles. The summed E-state index contributed by atoms with van der Waals surface area (Å²) in [5.41, 5.74) is 13.5. The van der Waals surface area contributed by atoms with Crippen LogP contribution in [0.4, 0.5) is 5.82 Å². The second-order valence-corrected chi connectivity index (χ2v) is 3.39. The standard InChI is InChI=1S/C11H17N3/c1-9(3-2-5-12)7-10-4-6-14-11(13)8-10/h3-4,6,8H,2,5,7,12H2,1H3,(H2,13,14). The van der Waals surface area contributed by atoms with Crippen LogP contribution in [0.2, 0.25) is 0 Å². The highest BCUT2D eigenvalue weighted by Crippen LogP contribution is 2.09. The van der Waals surface area contributed by atoms with Crippen LogP contribution < -0.4 is 11.5 Å². The first-order valence-corrected chi connectivity index (χ1v) is 4.78. The number of allylic oxidation sites excluding steroid dienone is 1. The van der Waals surface area contributed by atoms with Gasteiger partial charge in [-0.1, -0.05) is 11.6 Å². The van der Waals surface area contributed by atoms with Crippen LogP contribution in [0.15, 0.2) is 30.0 Å². The third-order valence-corrected chi connectivity index (χ3v) is 1.99. The first-order valence-electron chi connectivity index (χ1n) is 4.78. The summed E-state index contributed by atoms with van der Waals surface area (Å²) in [5.74, 6) is 0.578. The van der Waals surface area contributed by atoms with Crippen LogP contribution in [0.5, 0.6) is 0 Å². The Kier molecular flexibility index (Phi) is 4.13. The molecule has 0 unspecified atom stereocenters. The van der Waals surface area contributed by atoms with E-state index in [1.165, 1.54) is 11.1 Å². The number of aromatic nitrogens is 1. The minimum atomic E-state index is 0.578. The van der Waals surface area contributed by atoms with Crippen LogP contribution in [-0.4, -0.2) is 11.5 Å². The van der Waals surface area contributed by atoms with Gasteiger partial charge in [0.1, 0.15) is 5.82 Å². The molecule has 0 aliphatic carbocycles. The lowest BCUT2D eigenvalue weighted by Gasteiger charge is -2.02. The molecule has 0 aliphatic heterocycles. The van der Waals surface area contributed by atoms with Crippen molar-refractivity contribution < 1.29 is 0 Å². The average molecular weight is 191 g/mol. The number of nitrogens with two attached hydrogens (primary N) is 2. The number of nitrogen functional groups attached to an aromatic ring is 1. The Hall–Kier alpha value is -1.35. The van der Waals surface area contributed by atoms with Gasteiger partial charge in [0.2, 0.25) is 0 Å². The first-order chi connectivity index (χ1) is 6.72. The van der Waals surface area contributed by atoms with Crippen LogP contribution in [0.25, 0.3) is 0 Å². The molecule has 3 nitrogen and oxygen atoms in total. The fourth-order valence-electron chi connectivity index (χ4n) is 1.33. The summed E-state index contributed by atoms with van der Waals surface area (Å²) in [6, 6.07) is 3.88. The van der Waals surface area contributed by atoms with Gasteiger partial charge in [0.05, 0.1) is 0 Å². The summed E-state index contributed by atoms with van der Waals surface area (Å²) < 4.78 is 0. The van der Waals surface area contributed by atoms with Crippen LogP contribution in [0, 0.1) is 0 Å². The van der Waals surface area contributed by atoms with E-state index >= 15 is 0 Å². The minimum Gasteiger partial charge on any atom is -0.384 e. The molecular formula is C11H17N3. The molecule has 1 aromatic heterocycles. The highest BCUT2D eigenvalue weighted by Gasteiger charge is 1.95. The Bertz CT molecular complexity index is 318. The zero-order valence-electron chi connectivity index (χ0n) is 8.53. The molecule has 0 spiro atoms. The van der Waals surface area contributed by atoms with E-state index in [1.807, 2.05) is 12.1 Å². The lowest BCUT2D eigenvalue weighted by molar-refractivity contribution is 0.980. The zero-order chi connectivity index (χ0) is 10.4.